The van der Waals surface area contributed by atoms with Crippen molar-refractivity contribution in [3.63, 3.8) is 0 Å². The minimum atomic E-state index is -1.18. The van der Waals surface area contributed by atoms with Crippen molar-refractivity contribution in [2.45, 2.75) is 51.8 Å². The van der Waals surface area contributed by atoms with Crippen molar-refractivity contribution in [1.82, 2.24) is 5.32 Å². The van der Waals surface area contributed by atoms with Crippen LogP contribution in [0.2, 0.25) is 0 Å². The summed E-state index contributed by atoms with van der Waals surface area (Å²) in [5.41, 5.74) is 6.93. The number of aliphatic hydroxyl groups is 1. The number of amides is 1. The fraction of sp³-hybridized carbons (Fsp3) is 0.562. The van der Waals surface area contributed by atoms with E-state index in [0.717, 1.165) is 12.0 Å². The highest BCUT2D eigenvalue weighted by Gasteiger charge is 2.24. The predicted molar refractivity (Wildman–Crippen MR) is 81.2 cm³/mol. The van der Waals surface area contributed by atoms with Gasteiger partial charge in [-0.15, -0.1) is 0 Å². The Kier molecular flexibility index (Phi) is 6.68. The van der Waals surface area contributed by atoms with E-state index < -0.39 is 12.1 Å². The van der Waals surface area contributed by atoms with Crippen LogP contribution in [0.3, 0.4) is 0 Å². The number of nitrogens with two attached hydrogens (primary N) is 1. The summed E-state index contributed by atoms with van der Waals surface area (Å²) in [6.45, 7) is 6.13. The number of carbonyl (C=O) groups excluding carboxylic acids is 1. The molecule has 0 spiro atoms. The Morgan fingerprint density at radius 3 is 2.40 bits per heavy atom. The number of carbonyl (C=O) groups is 1. The summed E-state index contributed by atoms with van der Waals surface area (Å²) < 4.78 is 0. The van der Waals surface area contributed by atoms with Crippen molar-refractivity contribution in [2.75, 3.05) is 0 Å². The van der Waals surface area contributed by atoms with Crippen LogP contribution in [0.4, 0.5) is 0 Å². The Morgan fingerprint density at radius 2 is 1.85 bits per heavy atom. The maximum Gasteiger partial charge on any atom is 0.250 e. The molecule has 0 fully saturated rings. The monoisotopic (exact) mass is 278 g/mol. The lowest BCUT2D eigenvalue weighted by molar-refractivity contribution is -0.131. The van der Waals surface area contributed by atoms with Crippen LogP contribution in [0.1, 0.15) is 32.8 Å². The first kappa shape index (κ1) is 16.7. The third-order valence-electron chi connectivity index (χ3n) is 3.20. The molecule has 0 radical (unpaired) electrons. The lowest BCUT2D eigenvalue weighted by Crippen LogP contribution is -2.49. The summed E-state index contributed by atoms with van der Waals surface area (Å²) in [6, 6.07) is 9.08. The molecule has 0 aromatic heterocycles. The van der Waals surface area contributed by atoms with Crippen molar-refractivity contribution in [2.24, 2.45) is 11.7 Å². The molecule has 20 heavy (non-hydrogen) atoms. The van der Waals surface area contributed by atoms with Gasteiger partial charge in [-0.25, -0.2) is 0 Å². The molecule has 1 aromatic rings. The zero-order valence-electron chi connectivity index (χ0n) is 12.5. The highest BCUT2D eigenvalue weighted by atomic mass is 16.3. The molecule has 1 rings (SSSR count). The quantitative estimate of drug-likeness (QED) is 0.707. The summed E-state index contributed by atoms with van der Waals surface area (Å²) in [6.07, 6.45) is 0.185. The normalized spacial score (nSPS) is 15.7. The first-order chi connectivity index (χ1) is 9.40. The highest BCUT2D eigenvalue weighted by Crippen LogP contribution is 2.07. The Hall–Kier alpha value is -1.39. The number of nitrogens with one attached hydrogen (secondary N) is 1. The molecule has 112 valence electrons. The minimum Gasteiger partial charge on any atom is -0.382 e. The van der Waals surface area contributed by atoms with Gasteiger partial charge < -0.3 is 16.2 Å². The fourth-order valence-corrected chi connectivity index (χ4v) is 2.29. The number of hydrogen-bond acceptors (Lipinski definition) is 3. The van der Waals surface area contributed by atoms with Crippen molar-refractivity contribution in [1.29, 1.82) is 0 Å². The Morgan fingerprint density at radius 1 is 1.25 bits per heavy atom. The lowest BCUT2D eigenvalue weighted by Gasteiger charge is -2.22. The van der Waals surface area contributed by atoms with E-state index in [9.17, 15) is 9.90 Å². The van der Waals surface area contributed by atoms with E-state index in [2.05, 4.69) is 19.2 Å². The van der Waals surface area contributed by atoms with Crippen LogP contribution in [0.25, 0.3) is 0 Å². The summed E-state index contributed by atoms with van der Waals surface area (Å²) >= 11 is 0. The van der Waals surface area contributed by atoms with Crippen LogP contribution < -0.4 is 11.1 Å². The van der Waals surface area contributed by atoms with E-state index in [1.807, 2.05) is 37.3 Å². The average Bonchev–Trinajstić information content (AvgIpc) is 2.37. The average molecular weight is 278 g/mol. The van der Waals surface area contributed by atoms with Crippen molar-refractivity contribution >= 4 is 5.91 Å². The maximum absolute atomic E-state index is 11.9. The molecule has 1 aromatic carbocycles. The molecule has 0 bridgehead atoms. The molecule has 0 saturated carbocycles. The zero-order valence-corrected chi connectivity index (χ0v) is 12.5. The van der Waals surface area contributed by atoms with Gasteiger partial charge in [0.2, 0.25) is 0 Å². The fourth-order valence-electron chi connectivity index (χ4n) is 2.29. The topological polar surface area (TPSA) is 75.3 Å². The largest absolute Gasteiger partial charge is 0.382 e. The Bertz CT molecular complexity index is 406. The SMILES string of the molecule is CC(C)CC(C)NC(=O)C(O)C(N)Cc1ccccc1. The zero-order chi connectivity index (χ0) is 15.1. The lowest BCUT2D eigenvalue weighted by atomic mass is 10.0. The minimum absolute atomic E-state index is 0.0427. The van der Waals surface area contributed by atoms with Gasteiger partial charge in [0, 0.05) is 12.1 Å². The van der Waals surface area contributed by atoms with E-state index in [0.29, 0.717) is 12.3 Å². The predicted octanol–water partition coefficient (Wildman–Crippen LogP) is 1.47. The van der Waals surface area contributed by atoms with Crippen LogP contribution in [0.5, 0.6) is 0 Å². The van der Waals surface area contributed by atoms with Gasteiger partial charge in [-0.05, 0) is 31.2 Å². The molecule has 0 aliphatic heterocycles. The van der Waals surface area contributed by atoms with Crippen LogP contribution in [0.15, 0.2) is 30.3 Å². The van der Waals surface area contributed by atoms with Crippen LogP contribution in [0, 0.1) is 5.92 Å². The number of hydrogen-bond donors (Lipinski definition) is 3. The smallest absolute Gasteiger partial charge is 0.250 e. The summed E-state index contributed by atoms with van der Waals surface area (Å²) in [5, 5.41) is 12.8. The van der Waals surface area contributed by atoms with Gasteiger partial charge in [0.15, 0.2) is 0 Å². The molecule has 4 heteroatoms. The molecule has 0 aliphatic rings. The molecular formula is C16H26N2O2. The van der Waals surface area contributed by atoms with Crippen LogP contribution >= 0.6 is 0 Å². The van der Waals surface area contributed by atoms with Crippen molar-refractivity contribution in [3.8, 4) is 0 Å². The number of aliphatic hydroxyl groups excluding tert-OH is 1. The van der Waals surface area contributed by atoms with Crippen molar-refractivity contribution < 1.29 is 9.90 Å². The van der Waals surface area contributed by atoms with E-state index >= 15 is 0 Å². The number of rotatable bonds is 7. The van der Waals surface area contributed by atoms with Gasteiger partial charge in [0.1, 0.15) is 6.10 Å². The summed E-state index contributed by atoms with van der Waals surface area (Å²) in [4.78, 5) is 11.9. The third kappa shape index (κ3) is 5.72. The first-order valence-corrected chi connectivity index (χ1v) is 7.18. The third-order valence-corrected chi connectivity index (χ3v) is 3.20. The standard InChI is InChI=1S/C16H26N2O2/c1-11(2)9-12(3)18-16(20)15(19)14(17)10-13-7-5-4-6-8-13/h4-8,11-12,14-15,19H,9-10,17H2,1-3H3,(H,18,20). The van der Waals surface area contributed by atoms with E-state index in [-0.39, 0.29) is 11.9 Å². The summed E-state index contributed by atoms with van der Waals surface area (Å²) in [7, 11) is 0. The van der Waals surface area contributed by atoms with E-state index in [1.54, 1.807) is 0 Å². The molecule has 3 atom stereocenters. The second kappa shape index (κ2) is 8.02. The first-order valence-electron chi connectivity index (χ1n) is 7.18. The summed E-state index contributed by atoms with van der Waals surface area (Å²) in [5.74, 6) is 0.113. The molecule has 3 unspecified atom stereocenters. The maximum atomic E-state index is 11.9. The molecule has 1 amide bonds. The van der Waals surface area contributed by atoms with Crippen molar-refractivity contribution in [3.05, 3.63) is 35.9 Å². The Labute approximate surface area is 121 Å². The molecular weight excluding hydrogens is 252 g/mol. The van der Waals surface area contributed by atoms with Gasteiger partial charge in [-0.3, -0.25) is 4.79 Å². The molecule has 0 saturated heterocycles. The van der Waals surface area contributed by atoms with Gasteiger partial charge in [0.25, 0.3) is 5.91 Å². The molecule has 4 N–H and O–H groups in total. The molecule has 4 nitrogen and oxygen atoms in total. The molecule has 0 heterocycles. The highest BCUT2D eigenvalue weighted by molar-refractivity contribution is 5.81. The number of benzene rings is 1. The second-order valence-corrected chi connectivity index (χ2v) is 5.84. The van der Waals surface area contributed by atoms with Gasteiger partial charge in [-0.2, -0.15) is 0 Å². The van der Waals surface area contributed by atoms with E-state index in [4.69, 9.17) is 5.73 Å². The second-order valence-electron chi connectivity index (χ2n) is 5.84. The van der Waals surface area contributed by atoms with Gasteiger partial charge in [0.05, 0.1) is 0 Å². The van der Waals surface area contributed by atoms with Crippen LogP contribution in [-0.2, 0) is 11.2 Å². The molecule has 0 aliphatic carbocycles. The van der Waals surface area contributed by atoms with Gasteiger partial charge in [-0.1, -0.05) is 44.2 Å². The Balaban J connectivity index is 2.47. The van der Waals surface area contributed by atoms with E-state index in [1.165, 1.54) is 0 Å². The van der Waals surface area contributed by atoms with Crippen LogP contribution in [-0.4, -0.2) is 29.2 Å². The van der Waals surface area contributed by atoms with Gasteiger partial charge >= 0.3 is 0 Å².